The molecule has 0 spiro atoms. The number of halogens is 2. The van der Waals surface area contributed by atoms with Crippen LogP contribution in [0.5, 0.6) is 0 Å². The third-order valence-corrected chi connectivity index (χ3v) is 4.88. The largest absolute Gasteiger partial charge is 0.379 e. The number of nitrogens with zero attached hydrogens (tertiary/aromatic N) is 1. The quantitative estimate of drug-likeness (QED) is 0.749. The number of carbonyl (C=O) groups excluding carboxylic acids is 2. The Bertz CT molecular complexity index is 837. The van der Waals surface area contributed by atoms with Crippen LogP contribution in [0.1, 0.15) is 5.56 Å². The Morgan fingerprint density at radius 3 is 2.14 bits per heavy atom. The molecule has 3 rings (SSSR count). The number of benzene rings is 2. The van der Waals surface area contributed by atoms with E-state index in [2.05, 4.69) is 15.5 Å². The summed E-state index contributed by atoms with van der Waals surface area (Å²) in [5.41, 5.74) is 2.02. The summed E-state index contributed by atoms with van der Waals surface area (Å²) in [6, 6.07) is 12.0. The van der Waals surface area contributed by atoms with Crippen LogP contribution in [-0.4, -0.2) is 49.6 Å². The molecule has 6 nitrogen and oxygen atoms in total. The first-order chi connectivity index (χ1) is 13.5. The third kappa shape index (κ3) is 6.21. The highest BCUT2D eigenvalue weighted by atomic mass is 35.5. The van der Waals surface area contributed by atoms with Crippen LogP contribution in [-0.2, 0) is 20.7 Å². The number of nitrogens with one attached hydrogen (secondary N) is 2. The lowest BCUT2D eigenvalue weighted by molar-refractivity contribution is -0.118. The van der Waals surface area contributed by atoms with E-state index >= 15 is 0 Å². The summed E-state index contributed by atoms with van der Waals surface area (Å²) in [5.74, 6) is -0.260. The van der Waals surface area contributed by atoms with Gasteiger partial charge in [-0.1, -0.05) is 29.3 Å². The monoisotopic (exact) mass is 421 g/mol. The van der Waals surface area contributed by atoms with E-state index in [-0.39, 0.29) is 18.2 Å². The maximum Gasteiger partial charge on any atom is 0.238 e. The van der Waals surface area contributed by atoms with Crippen molar-refractivity contribution in [2.75, 3.05) is 43.5 Å². The number of hydrogen-bond acceptors (Lipinski definition) is 4. The molecule has 0 saturated carbocycles. The summed E-state index contributed by atoms with van der Waals surface area (Å²) in [6.45, 7) is 3.17. The van der Waals surface area contributed by atoms with E-state index in [1.807, 2.05) is 0 Å². The Balaban J connectivity index is 1.49. The number of anilines is 2. The lowest BCUT2D eigenvalue weighted by atomic mass is 10.1. The zero-order chi connectivity index (χ0) is 19.9. The van der Waals surface area contributed by atoms with Gasteiger partial charge in [-0.05, 0) is 42.0 Å². The van der Waals surface area contributed by atoms with Crippen molar-refractivity contribution in [3.8, 4) is 0 Å². The van der Waals surface area contributed by atoms with Gasteiger partial charge in [-0.3, -0.25) is 14.5 Å². The number of amides is 2. The molecule has 0 bridgehead atoms. The lowest BCUT2D eigenvalue weighted by Crippen LogP contribution is -2.41. The molecule has 28 heavy (non-hydrogen) atoms. The summed E-state index contributed by atoms with van der Waals surface area (Å²) < 4.78 is 5.27. The van der Waals surface area contributed by atoms with E-state index in [0.29, 0.717) is 46.7 Å². The van der Waals surface area contributed by atoms with Crippen molar-refractivity contribution >= 4 is 46.4 Å². The van der Waals surface area contributed by atoms with Crippen LogP contribution in [0.2, 0.25) is 10.0 Å². The van der Waals surface area contributed by atoms with Gasteiger partial charge in [0, 0.05) is 34.5 Å². The zero-order valence-electron chi connectivity index (χ0n) is 15.2. The summed E-state index contributed by atoms with van der Waals surface area (Å²) in [4.78, 5) is 26.4. The maximum atomic E-state index is 12.2. The zero-order valence-corrected chi connectivity index (χ0v) is 16.7. The van der Waals surface area contributed by atoms with Gasteiger partial charge in [0.2, 0.25) is 11.8 Å². The second-order valence-corrected chi connectivity index (χ2v) is 7.32. The van der Waals surface area contributed by atoms with Crippen molar-refractivity contribution < 1.29 is 14.3 Å². The van der Waals surface area contributed by atoms with E-state index in [4.69, 9.17) is 27.9 Å². The van der Waals surface area contributed by atoms with Crippen LogP contribution < -0.4 is 10.6 Å². The van der Waals surface area contributed by atoms with Crippen LogP contribution in [0.4, 0.5) is 11.4 Å². The van der Waals surface area contributed by atoms with Crippen molar-refractivity contribution in [2.24, 2.45) is 0 Å². The number of hydrogen-bond donors (Lipinski definition) is 2. The number of rotatable bonds is 6. The standard InChI is InChI=1S/C20H21Cl2N3O3/c21-15-2-1-14(18(22)12-15)11-19(26)23-16-3-5-17(6-4-16)24-20(27)13-25-7-9-28-10-8-25/h1-6,12H,7-11,13H2,(H,23,26)(H,24,27). The molecule has 2 amide bonds. The second kappa shape index (κ2) is 9.89. The third-order valence-electron chi connectivity index (χ3n) is 4.29. The molecule has 1 heterocycles. The average Bonchev–Trinajstić information content (AvgIpc) is 2.66. The normalized spacial score (nSPS) is 14.5. The summed E-state index contributed by atoms with van der Waals surface area (Å²) in [6.07, 6.45) is 0.147. The Morgan fingerprint density at radius 2 is 1.54 bits per heavy atom. The minimum atomic E-state index is -0.187. The highest BCUT2D eigenvalue weighted by Gasteiger charge is 2.14. The molecule has 0 aromatic heterocycles. The molecule has 1 fully saturated rings. The van der Waals surface area contributed by atoms with E-state index in [0.717, 1.165) is 13.1 Å². The first kappa shape index (κ1) is 20.6. The van der Waals surface area contributed by atoms with Crippen molar-refractivity contribution in [1.82, 2.24) is 4.90 Å². The van der Waals surface area contributed by atoms with Crippen molar-refractivity contribution in [3.05, 3.63) is 58.1 Å². The van der Waals surface area contributed by atoms with Crippen LogP contribution >= 0.6 is 23.2 Å². The second-order valence-electron chi connectivity index (χ2n) is 6.47. The van der Waals surface area contributed by atoms with Gasteiger partial charge in [-0.2, -0.15) is 0 Å². The molecule has 1 aliphatic rings. The summed E-state index contributed by atoms with van der Waals surface area (Å²) in [7, 11) is 0. The molecule has 1 saturated heterocycles. The van der Waals surface area contributed by atoms with Gasteiger partial charge in [0.05, 0.1) is 26.2 Å². The first-order valence-corrected chi connectivity index (χ1v) is 9.69. The minimum absolute atomic E-state index is 0.0731. The van der Waals surface area contributed by atoms with E-state index in [1.165, 1.54) is 0 Å². The van der Waals surface area contributed by atoms with E-state index < -0.39 is 0 Å². The highest BCUT2D eigenvalue weighted by molar-refractivity contribution is 6.35. The Hall–Kier alpha value is -2.12. The smallest absolute Gasteiger partial charge is 0.238 e. The molecular weight excluding hydrogens is 401 g/mol. The SMILES string of the molecule is O=C(Cc1ccc(Cl)cc1Cl)Nc1ccc(NC(=O)CN2CCOCC2)cc1. The lowest BCUT2D eigenvalue weighted by Gasteiger charge is -2.25. The van der Waals surface area contributed by atoms with Crippen LogP contribution in [0.15, 0.2) is 42.5 Å². The number of morpholine rings is 1. The van der Waals surface area contributed by atoms with Crippen molar-refractivity contribution in [1.29, 1.82) is 0 Å². The number of carbonyl (C=O) groups is 2. The van der Waals surface area contributed by atoms with E-state index in [1.54, 1.807) is 42.5 Å². The first-order valence-electron chi connectivity index (χ1n) is 8.93. The molecule has 2 N–H and O–H groups in total. The summed E-state index contributed by atoms with van der Waals surface area (Å²) in [5, 5.41) is 6.66. The molecule has 0 unspecified atom stereocenters. The minimum Gasteiger partial charge on any atom is -0.379 e. The number of ether oxygens (including phenoxy) is 1. The molecular formula is C20H21Cl2N3O3. The topological polar surface area (TPSA) is 70.7 Å². The molecule has 0 atom stereocenters. The molecule has 0 radical (unpaired) electrons. The van der Waals surface area contributed by atoms with Crippen LogP contribution in [0, 0.1) is 0 Å². The Morgan fingerprint density at radius 1 is 0.929 bits per heavy atom. The van der Waals surface area contributed by atoms with Gasteiger partial charge in [0.15, 0.2) is 0 Å². The predicted octanol–water partition coefficient (Wildman–Crippen LogP) is 3.45. The van der Waals surface area contributed by atoms with Gasteiger partial charge in [-0.15, -0.1) is 0 Å². The molecule has 2 aromatic rings. The van der Waals surface area contributed by atoms with Gasteiger partial charge in [0.1, 0.15) is 0 Å². The predicted molar refractivity (Wildman–Crippen MR) is 111 cm³/mol. The fourth-order valence-corrected chi connectivity index (χ4v) is 3.32. The molecule has 1 aliphatic heterocycles. The fraction of sp³-hybridized carbons (Fsp3) is 0.300. The molecule has 0 aliphatic carbocycles. The fourth-order valence-electron chi connectivity index (χ4n) is 2.84. The van der Waals surface area contributed by atoms with Crippen molar-refractivity contribution in [3.63, 3.8) is 0 Å². The van der Waals surface area contributed by atoms with Gasteiger partial charge >= 0.3 is 0 Å². The van der Waals surface area contributed by atoms with Gasteiger partial charge in [-0.25, -0.2) is 0 Å². The van der Waals surface area contributed by atoms with Crippen molar-refractivity contribution in [2.45, 2.75) is 6.42 Å². The molecule has 2 aromatic carbocycles. The Labute approximate surface area is 173 Å². The van der Waals surface area contributed by atoms with Gasteiger partial charge in [0.25, 0.3) is 0 Å². The van der Waals surface area contributed by atoms with E-state index in [9.17, 15) is 9.59 Å². The van der Waals surface area contributed by atoms with Crippen LogP contribution in [0.3, 0.4) is 0 Å². The van der Waals surface area contributed by atoms with Gasteiger partial charge < -0.3 is 15.4 Å². The molecule has 8 heteroatoms. The highest BCUT2D eigenvalue weighted by Crippen LogP contribution is 2.22. The maximum absolute atomic E-state index is 12.2. The van der Waals surface area contributed by atoms with Crippen LogP contribution in [0.25, 0.3) is 0 Å². The summed E-state index contributed by atoms with van der Waals surface area (Å²) >= 11 is 12.0. The average molecular weight is 422 g/mol. The molecule has 148 valence electrons. The Kier molecular flexibility index (Phi) is 7.28.